The first-order valence-electron chi connectivity index (χ1n) is 8.69. The molecule has 0 bridgehead atoms. The topological polar surface area (TPSA) is 73.2 Å². The SMILES string of the molecule is COC[C@H](C)NC(=O)CSc1nc2ccccc2c(=O)n1-c1ccccc1F. The molecule has 6 nitrogen and oxygen atoms in total. The van der Waals surface area contributed by atoms with Gasteiger partial charge in [0.2, 0.25) is 5.91 Å². The zero-order valence-electron chi connectivity index (χ0n) is 15.5. The first kappa shape index (κ1) is 20.0. The van der Waals surface area contributed by atoms with Crippen molar-refractivity contribution in [1.82, 2.24) is 14.9 Å². The summed E-state index contributed by atoms with van der Waals surface area (Å²) in [5, 5.41) is 3.44. The summed E-state index contributed by atoms with van der Waals surface area (Å²) in [6.45, 7) is 2.22. The number of nitrogens with zero attached hydrogens (tertiary/aromatic N) is 2. The summed E-state index contributed by atoms with van der Waals surface area (Å²) >= 11 is 1.08. The molecule has 0 aliphatic carbocycles. The van der Waals surface area contributed by atoms with Crippen molar-refractivity contribution >= 4 is 28.6 Å². The molecule has 1 N–H and O–H groups in total. The molecule has 0 spiro atoms. The van der Waals surface area contributed by atoms with E-state index in [0.717, 1.165) is 11.8 Å². The maximum Gasteiger partial charge on any atom is 0.266 e. The van der Waals surface area contributed by atoms with Gasteiger partial charge in [0.25, 0.3) is 5.56 Å². The third kappa shape index (κ3) is 4.40. The van der Waals surface area contributed by atoms with Crippen LogP contribution in [0, 0.1) is 5.82 Å². The van der Waals surface area contributed by atoms with Crippen LogP contribution < -0.4 is 10.9 Å². The molecule has 1 atom stereocenters. The third-order valence-corrected chi connectivity index (χ3v) is 4.93. The van der Waals surface area contributed by atoms with Crippen molar-refractivity contribution in [3.05, 3.63) is 64.7 Å². The van der Waals surface area contributed by atoms with Gasteiger partial charge in [-0.2, -0.15) is 0 Å². The van der Waals surface area contributed by atoms with Crippen molar-refractivity contribution in [3.63, 3.8) is 0 Å². The summed E-state index contributed by atoms with van der Waals surface area (Å²) in [7, 11) is 1.56. The Bertz CT molecular complexity index is 1050. The summed E-state index contributed by atoms with van der Waals surface area (Å²) in [6, 6.07) is 12.7. The number of ether oxygens (including phenoxy) is 1. The highest BCUT2D eigenvalue weighted by atomic mass is 32.2. The average molecular weight is 401 g/mol. The van der Waals surface area contributed by atoms with Crippen LogP contribution in [0.2, 0.25) is 0 Å². The van der Waals surface area contributed by atoms with E-state index < -0.39 is 5.82 Å². The molecule has 0 unspecified atom stereocenters. The van der Waals surface area contributed by atoms with E-state index in [1.165, 1.54) is 16.7 Å². The Hall–Kier alpha value is -2.71. The van der Waals surface area contributed by atoms with Gasteiger partial charge >= 0.3 is 0 Å². The molecule has 1 amide bonds. The summed E-state index contributed by atoms with van der Waals surface area (Å²) in [5.41, 5.74) is 0.212. The Balaban J connectivity index is 1.99. The van der Waals surface area contributed by atoms with Crippen LogP contribution in [0.4, 0.5) is 4.39 Å². The molecule has 0 saturated heterocycles. The molecule has 2 aromatic carbocycles. The zero-order chi connectivity index (χ0) is 20.1. The van der Waals surface area contributed by atoms with E-state index in [0.29, 0.717) is 17.5 Å². The van der Waals surface area contributed by atoms with E-state index in [9.17, 15) is 14.0 Å². The second-order valence-electron chi connectivity index (χ2n) is 6.22. The van der Waals surface area contributed by atoms with Crippen LogP contribution >= 0.6 is 11.8 Å². The lowest BCUT2D eigenvalue weighted by Crippen LogP contribution is -2.36. The fourth-order valence-corrected chi connectivity index (χ4v) is 3.61. The molecular weight excluding hydrogens is 381 g/mol. The van der Waals surface area contributed by atoms with Crippen molar-refractivity contribution in [3.8, 4) is 5.69 Å². The third-order valence-electron chi connectivity index (χ3n) is 3.99. The van der Waals surface area contributed by atoms with E-state index >= 15 is 0 Å². The van der Waals surface area contributed by atoms with Crippen LogP contribution in [0.3, 0.4) is 0 Å². The normalized spacial score (nSPS) is 12.1. The van der Waals surface area contributed by atoms with Crippen molar-refractivity contribution in [2.24, 2.45) is 0 Å². The Morgan fingerprint density at radius 2 is 1.96 bits per heavy atom. The molecule has 0 aliphatic rings. The summed E-state index contributed by atoms with van der Waals surface area (Å²) in [4.78, 5) is 29.7. The smallest absolute Gasteiger partial charge is 0.266 e. The van der Waals surface area contributed by atoms with Crippen LogP contribution in [0.5, 0.6) is 0 Å². The van der Waals surface area contributed by atoms with Crippen molar-refractivity contribution in [2.45, 2.75) is 18.1 Å². The van der Waals surface area contributed by atoms with E-state index in [2.05, 4.69) is 10.3 Å². The number of hydrogen-bond donors (Lipinski definition) is 1. The van der Waals surface area contributed by atoms with Crippen LogP contribution in [0.1, 0.15) is 6.92 Å². The monoisotopic (exact) mass is 401 g/mol. The van der Waals surface area contributed by atoms with Crippen molar-refractivity contribution < 1.29 is 13.9 Å². The Kier molecular flexibility index (Phi) is 6.43. The lowest BCUT2D eigenvalue weighted by Gasteiger charge is -2.15. The highest BCUT2D eigenvalue weighted by Gasteiger charge is 2.17. The number of benzene rings is 2. The molecule has 8 heteroatoms. The van der Waals surface area contributed by atoms with Crippen LogP contribution in [0.15, 0.2) is 58.5 Å². The lowest BCUT2D eigenvalue weighted by atomic mass is 10.2. The van der Waals surface area contributed by atoms with Gasteiger partial charge in [-0.25, -0.2) is 9.37 Å². The first-order chi connectivity index (χ1) is 13.5. The van der Waals surface area contributed by atoms with Crippen LogP contribution in [-0.4, -0.2) is 41.0 Å². The number of carbonyl (C=O) groups excluding carboxylic acids is 1. The lowest BCUT2D eigenvalue weighted by molar-refractivity contribution is -0.119. The van der Waals surface area contributed by atoms with Crippen molar-refractivity contribution in [1.29, 1.82) is 0 Å². The second-order valence-corrected chi connectivity index (χ2v) is 7.16. The second kappa shape index (κ2) is 8.99. The Labute approximate surface area is 165 Å². The maximum absolute atomic E-state index is 14.4. The molecule has 0 fully saturated rings. The van der Waals surface area contributed by atoms with Gasteiger partial charge in [0.15, 0.2) is 5.16 Å². The number of rotatable bonds is 7. The summed E-state index contributed by atoms with van der Waals surface area (Å²) < 4.78 is 20.6. The minimum absolute atomic E-state index is 0.0350. The van der Waals surface area contributed by atoms with Gasteiger partial charge < -0.3 is 10.1 Å². The molecule has 0 saturated carbocycles. The molecule has 3 rings (SSSR count). The Morgan fingerprint density at radius 3 is 2.71 bits per heavy atom. The molecule has 28 heavy (non-hydrogen) atoms. The van der Waals surface area contributed by atoms with E-state index in [-0.39, 0.29) is 34.1 Å². The van der Waals surface area contributed by atoms with E-state index in [4.69, 9.17) is 4.74 Å². The van der Waals surface area contributed by atoms with Crippen molar-refractivity contribution in [2.75, 3.05) is 19.5 Å². The van der Waals surface area contributed by atoms with Crippen LogP contribution in [0.25, 0.3) is 16.6 Å². The van der Waals surface area contributed by atoms with Crippen LogP contribution in [-0.2, 0) is 9.53 Å². The number of amides is 1. The van der Waals surface area contributed by atoms with Gasteiger partial charge in [-0.3, -0.25) is 14.2 Å². The predicted octanol–water partition coefficient (Wildman–Crippen LogP) is 2.77. The number of para-hydroxylation sites is 2. The largest absolute Gasteiger partial charge is 0.383 e. The molecule has 0 aliphatic heterocycles. The molecular formula is C20H20FN3O3S. The van der Waals surface area contributed by atoms with Gasteiger partial charge in [0, 0.05) is 13.2 Å². The number of nitrogens with one attached hydrogen (secondary N) is 1. The number of methoxy groups -OCH3 is 1. The molecule has 1 heterocycles. The standard InChI is InChI=1S/C20H20FN3O3S/c1-13(11-27-2)22-18(25)12-28-20-23-16-9-5-3-7-14(16)19(26)24(20)17-10-6-4-8-15(17)21/h3-10,13H,11-12H2,1-2H3,(H,22,25)/t13-/m0/s1. The fourth-order valence-electron chi connectivity index (χ4n) is 2.79. The highest BCUT2D eigenvalue weighted by Crippen LogP contribution is 2.22. The molecule has 146 valence electrons. The first-order valence-corrected chi connectivity index (χ1v) is 9.67. The van der Waals surface area contributed by atoms with Gasteiger partial charge in [-0.05, 0) is 31.2 Å². The summed E-state index contributed by atoms with van der Waals surface area (Å²) in [6.07, 6.45) is 0. The van der Waals surface area contributed by atoms with Gasteiger partial charge in [0.05, 0.1) is 29.0 Å². The number of fused-ring (bicyclic) bond motifs is 1. The minimum atomic E-state index is -0.540. The van der Waals surface area contributed by atoms with Gasteiger partial charge in [-0.1, -0.05) is 36.0 Å². The highest BCUT2D eigenvalue weighted by molar-refractivity contribution is 7.99. The van der Waals surface area contributed by atoms with E-state index in [1.807, 2.05) is 6.92 Å². The Morgan fingerprint density at radius 1 is 1.25 bits per heavy atom. The van der Waals surface area contributed by atoms with E-state index in [1.54, 1.807) is 43.5 Å². The van der Waals surface area contributed by atoms with Gasteiger partial charge in [0.1, 0.15) is 5.82 Å². The number of hydrogen-bond acceptors (Lipinski definition) is 5. The quantitative estimate of drug-likeness (QED) is 0.487. The number of carbonyl (C=O) groups is 1. The average Bonchev–Trinajstić information content (AvgIpc) is 2.67. The van der Waals surface area contributed by atoms with Gasteiger partial charge in [-0.15, -0.1) is 0 Å². The maximum atomic E-state index is 14.4. The number of aromatic nitrogens is 2. The molecule has 0 radical (unpaired) electrons. The molecule has 3 aromatic rings. The number of thioether (sulfide) groups is 1. The zero-order valence-corrected chi connectivity index (χ0v) is 16.3. The predicted molar refractivity (Wildman–Crippen MR) is 108 cm³/mol. The number of halogens is 1. The fraction of sp³-hybridized carbons (Fsp3) is 0.250. The minimum Gasteiger partial charge on any atom is -0.383 e. The summed E-state index contributed by atoms with van der Waals surface area (Å²) in [5.74, 6) is -0.730. The molecule has 1 aromatic heterocycles.